The summed E-state index contributed by atoms with van der Waals surface area (Å²) in [5, 5.41) is 8.74. The maximum atomic E-state index is 13.6. The normalized spacial score (nSPS) is 10.3. The van der Waals surface area contributed by atoms with Crippen molar-refractivity contribution in [2.75, 3.05) is 13.2 Å². The van der Waals surface area contributed by atoms with Crippen LogP contribution < -0.4 is 0 Å². The van der Waals surface area contributed by atoms with Crippen molar-refractivity contribution in [3.8, 4) is 0 Å². The Kier molecular flexibility index (Phi) is 4.49. The van der Waals surface area contributed by atoms with Gasteiger partial charge < -0.3 is 9.84 Å². The Morgan fingerprint density at radius 3 is 2.50 bits per heavy atom. The summed E-state index contributed by atoms with van der Waals surface area (Å²) in [5.74, 6) is -5.44. The van der Waals surface area contributed by atoms with Gasteiger partial charge in [0.15, 0.2) is 11.6 Å². The summed E-state index contributed by atoms with van der Waals surface area (Å²) < 4.78 is 45.1. The first-order valence-electron chi connectivity index (χ1n) is 5.07. The van der Waals surface area contributed by atoms with E-state index in [4.69, 9.17) is 5.11 Å². The van der Waals surface area contributed by atoms with Crippen molar-refractivity contribution >= 4 is 11.5 Å². The van der Waals surface area contributed by atoms with Crippen LogP contribution in [0.25, 0.3) is 5.57 Å². The van der Waals surface area contributed by atoms with Crippen molar-refractivity contribution < 1.29 is 27.8 Å². The van der Waals surface area contributed by atoms with Gasteiger partial charge in [0.2, 0.25) is 0 Å². The molecule has 98 valence electrons. The fourth-order valence-electron chi connectivity index (χ4n) is 1.36. The molecule has 1 rings (SSSR count). The number of ether oxygens (including phenoxy) is 1. The highest BCUT2D eigenvalue weighted by Crippen LogP contribution is 2.25. The molecule has 6 heteroatoms. The van der Waals surface area contributed by atoms with Crippen LogP contribution in [-0.2, 0) is 4.74 Å². The van der Waals surface area contributed by atoms with Crippen molar-refractivity contribution in [3.05, 3.63) is 41.2 Å². The monoisotopic (exact) mass is 260 g/mol. The first kappa shape index (κ1) is 14.2. The summed E-state index contributed by atoms with van der Waals surface area (Å²) in [5.41, 5.74) is -1.93. The van der Waals surface area contributed by atoms with Crippen molar-refractivity contribution in [2.45, 2.75) is 6.92 Å². The molecular weight excluding hydrogens is 249 g/mol. The zero-order chi connectivity index (χ0) is 13.9. The van der Waals surface area contributed by atoms with Crippen LogP contribution in [0.5, 0.6) is 0 Å². The molecule has 18 heavy (non-hydrogen) atoms. The third-order valence-corrected chi connectivity index (χ3v) is 2.20. The van der Waals surface area contributed by atoms with Crippen LogP contribution in [-0.4, -0.2) is 24.3 Å². The summed E-state index contributed by atoms with van der Waals surface area (Å²) in [6.45, 7) is 3.90. The van der Waals surface area contributed by atoms with Gasteiger partial charge in [-0.25, -0.2) is 18.0 Å². The molecule has 0 unspecified atom stereocenters. The lowest BCUT2D eigenvalue weighted by atomic mass is 10.0. The minimum Gasteiger partial charge on any atom is -0.462 e. The smallest absolute Gasteiger partial charge is 0.341 e. The molecule has 0 radical (unpaired) electrons. The molecule has 0 atom stereocenters. The van der Waals surface area contributed by atoms with E-state index in [-0.39, 0.29) is 12.2 Å². The Morgan fingerprint density at radius 1 is 1.39 bits per heavy atom. The van der Waals surface area contributed by atoms with E-state index in [2.05, 4.69) is 11.3 Å². The zero-order valence-electron chi connectivity index (χ0n) is 9.60. The molecule has 0 aliphatic rings. The molecule has 0 spiro atoms. The number of hydrogen-bond acceptors (Lipinski definition) is 3. The van der Waals surface area contributed by atoms with Crippen LogP contribution in [0.15, 0.2) is 12.6 Å². The summed E-state index contributed by atoms with van der Waals surface area (Å²) in [7, 11) is 0. The van der Waals surface area contributed by atoms with E-state index in [9.17, 15) is 18.0 Å². The average Bonchev–Trinajstić information content (AvgIpc) is 2.33. The molecule has 0 aliphatic carbocycles. The number of rotatable bonds is 4. The predicted molar refractivity (Wildman–Crippen MR) is 58.4 cm³/mol. The van der Waals surface area contributed by atoms with Gasteiger partial charge in [0.25, 0.3) is 0 Å². The molecule has 0 bridgehead atoms. The number of carbonyl (C=O) groups is 1. The van der Waals surface area contributed by atoms with E-state index in [0.29, 0.717) is 6.07 Å². The van der Waals surface area contributed by atoms with Crippen molar-refractivity contribution in [3.63, 3.8) is 0 Å². The summed E-state index contributed by atoms with van der Waals surface area (Å²) in [6, 6.07) is 0.520. The zero-order valence-corrected chi connectivity index (χ0v) is 9.60. The van der Waals surface area contributed by atoms with E-state index in [1.807, 2.05) is 0 Å². The van der Waals surface area contributed by atoms with E-state index >= 15 is 0 Å². The largest absolute Gasteiger partial charge is 0.462 e. The van der Waals surface area contributed by atoms with E-state index in [0.717, 1.165) is 0 Å². The van der Waals surface area contributed by atoms with Crippen LogP contribution in [0.2, 0.25) is 0 Å². The summed E-state index contributed by atoms with van der Waals surface area (Å²) in [4.78, 5) is 11.3. The van der Waals surface area contributed by atoms with Gasteiger partial charge in [0.1, 0.15) is 11.4 Å². The number of carbonyl (C=O) groups excluding carboxylic acids is 1. The molecule has 0 saturated heterocycles. The molecule has 0 aliphatic heterocycles. The number of halogens is 3. The molecular formula is C12H11F3O3. The molecule has 0 fully saturated rings. The first-order chi connectivity index (χ1) is 8.43. The van der Waals surface area contributed by atoms with E-state index < -0.39 is 41.2 Å². The van der Waals surface area contributed by atoms with Gasteiger partial charge in [-0.1, -0.05) is 6.58 Å². The lowest BCUT2D eigenvalue weighted by molar-refractivity contribution is 0.0519. The molecule has 0 amide bonds. The highest BCUT2D eigenvalue weighted by atomic mass is 19.2. The minimum absolute atomic E-state index is 0.0490. The third-order valence-electron chi connectivity index (χ3n) is 2.20. The first-order valence-corrected chi connectivity index (χ1v) is 5.07. The number of benzene rings is 1. The van der Waals surface area contributed by atoms with Gasteiger partial charge >= 0.3 is 5.97 Å². The summed E-state index contributed by atoms with van der Waals surface area (Å²) >= 11 is 0. The van der Waals surface area contributed by atoms with Crippen LogP contribution in [0.1, 0.15) is 22.8 Å². The molecule has 3 nitrogen and oxygen atoms in total. The second kappa shape index (κ2) is 5.68. The molecule has 1 aromatic rings. The minimum atomic E-state index is -1.57. The van der Waals surface area contributed by atoms with Crippen LogP contribution in [0.4, 0.5) is 13.2 Å². The standard InChI is InChI=1S/C12H11F3O3/c1-3-18-12(17)7-4-8(13)9(6(2)5-16)11(15)10(7)14/h4,16H,2-3,5H2,1H3. The maximum Gasteiger partial charge on any atom is 0.341 e. The Morgan fingerprint density at radius 2 is 2.00 bits per heavy atom. The van der Waals surface area contributed by atoms with Crippen molar-refractivity contribution in [1.29, 1.82) is 0 Å². The second-order valence-electron chi connectivity index (χ2n) is 3.39. The SMILES string of the molecule is C=C(CO)c1c(F)cc(C(=O)OCC)c(F)c1F. The number of hydrogen-bond donors (Lipinski definition) is 1. The van der Waals surface area contributed by atoms with Crippen LogP contribution in [0, 0.1) is 17.5 Å². The van der Waals surface area contributed by atoms with Crippen LogP contribution in [0.3, 0.4) is 0 Å². The topological polar surface area (TPSA) is 46.5 Å². The average molecular weight is 260 g/mol. The number of aliphatic hydroxyl groups excluding tert-OH is 1. The van der Waals surface area contributed by atoms with Gasteiger partial charge in [0, 0.05) is 0 Å². The summed E-state index contributed by atoms with van der Waals surface area (Å²) in [6.07, 6.45) is 0. The van der Waals surface area contributed by atoms with Gasteiger partial charge in [-0.2, -0.15) is 0 Å². The van der Waals surface area contributed by atoms with Crippen molar-refractivity contribution in [1.82, 2.24) is 0 Å². The second-order valence-corrected chi connectivity index (χ2v) is 3.39. The fraction of sp³-hybridized carbons (Fsp3) is 0.250. The number of aliphatic hydroxyl groups is 1. The Balaban J connectivity index is 3.37. The maximum absolute atomic E-state index is 13.6. The van der Waals surface area contributed by atoms with Gasteiger partial charge in [0.05, 0.1) is 18.8 Å². The Hall–Kier alpha value is -1.82. The predicted octanol–water partition coefficient (Wildman–Crippen LogP) is 2.29. The lowest BCUT2D eigenvalue weighted by Gasteiger charge is -2.10. The van der Waals surface area contributed by atoms with Crippen LogP contribution >= 0.6 is 0 Å². The number of esters is 1. The molecule has 0 aromatic heterocycles. The highest BCUT2D eigenvalue weighted by Gasteiger charge is 2.24. The molecule has 0 heterocycles. The third kappa shape index (κ3) is 2.53. The van der Waals surface area contributed by atoms with E-state index in [1.54, 1.807) is 0 Å². The van der Waals surface area contributed by atoms with Gasteiger partial charge in [-0.3, -0.25) is 0 Å². The Labute approximate surface area is 101 Å². The Bertz CT molecular complexity index is 498. The molecule has 1 aromatic carbocycles. The van der Waals surface area contributed by atoms with Gasteiger partial charge in [-0.05, 0) is 18.6 Å². The molecule has 1 N–H and O–H groups in total. The molecule has 0 saturated carbocycles. The fourth-order valence-corrected chi connectivity index (χ4v) is 1.36. The lowest BCUT2D eigenvalue weighted by Crippen LogP contribution is -2.12. The van der Waals surface area contributed by atoms with Crippen molar-refractivity contribution in [2.24, 2.45) is 0 Å². The highest BCUT2D eigenvalue weighted by molar-refractivity contribution is 5.90. The van der Waals surface area contributed by atoms with E-state index in [1.165, 1.54) is 6.92 Å². The quantitative estimate of drug-likeness (QED) is 0.667. The van der Waals surface area contributed by atoms with Gasteiger partial charge in [-0.15, -0.1) is 0 Å².